The molecule has 3 aromatic heterocycles. The number of nitrogens with one attached hydrogen (secondary N) is 2. The fraction of sp³-hybridized carbons (Fsp3) is 0.310. The Morgan fingerprint density at radius 3 is 2.70 bits per heavy atom. The van der Waals surface area contributed by atoms with E-state index in [2.05, 4.69) is 50.1 Å². The fourth-order valence-electron chi connectivity index (χ4n) is 4.61. The number of likely N-dealkylation sites (N-methyl/N-ethyl adjacent to an activating group) is 1. The number of ether oxygens (including phenoxy) is 2. The molecule has 3 heterocycles. The summed E-state index contributed by atoms with van der Waals surface area (Å²) in [6.07, 6.45) is 5.30. The molecule has 0 bridgehead atoms. The number of nitrogens with zero attached hydrogens (tertiary/aromatic N) is 6. The molecule has 0 atom stereocenters. The van der Waals surface area contributed by atoms with Crippen LogP contribution in [0.2, 0.25) is 0 Å². The Balaban J connectivity index is 1.31. The minimum absolute atomic E-state index is 0.276. The summed E-state index contributed by atoms with van der Waals surface area (Å²) >= 11 is 0. The van der Waals surface area contributed by atoms with Gasteiger partial charge in [0.05, 0.1) is 36.7 Å². The van der Waals surface area contributed by atoms with E-state index >= 15 is 0 Å². The number of rotatable bonds is 12. The van der Waals surface area contributed by atoms with E-state index in [1.54, 1.807) is 17.8 Å². The predicted molar refractivity (Wildman–Crippen MR) is 155 cm³/mol. The van der Waals surface area contributed by atoms with E-state index in [0.717, 1.165) is 34.2 Å². The zero-order chi connectivity index (χ0) is 27.9. The van der Waals surface area contributed by atoms with E-state index < -0.39 is 6.09 Å². The van der Waals surface area contributed by atoms with E-state index in [0.29, 0.717) is 37.6 Å². The Hall–Kier alpha value is -4.48. The highest BCUT2D eigenvalue weighted by atomic mass is 16.5. The Kier molecular flexibility index (Phi) is 8.53. The monoisotopic (exact) mass is 542 g/mol. The lowest BCUT2D eigenvalue weighted by Gasteiger charge is -2.15. The van der Waals surface area contributed by atoms with Crippen LogP contribution in [-0.4, -0.2) is 75.8 Å². The quantitative estimate of drug-likeness (QED) is 0.236. The van der Waals surface area contributed by atoms with Crippen molar-refractivity contribution in [2.45, 2.75) is 19.9 Å². The summed E-state index contributed by atoms with van der Waals surface area (Å²) in [6, 6.07) is 16.4. The maximum absolute atomic E-state index is 12.5. The standard InChI is InChI=1S/C29H34N8O3/c1-4-24-25(34-29(38)40-15-13-35(2)12-14-39-3)19-37-27(24)28(30-20-32-37)33-23-10-11-26-22(16-23)17-31-36(26)18-21-8-6-5-7-9-21/h5-11,16-17,19-20H,4,12-15,18H2,1-3H3,(H,34,38)(H,30,32,33). The maximum atomic E-state index is 12.5. The number of hydrogen-bond acceptors (Lipinski definition) is 8. The first-order valence-electron chi connectivity index (χ1n) is 13.3. The van der Waals surface area contributed by atoms with Gasteiger partial charge in [0, 0.05) is 36.8 Å². The molecule has 0 fully saturated rings. The topological polar surface area (TPSA) is 111 Å². The number of carbonyl (C=O) groups is 1. The average molecular weight is 543 g/mol. The molecule has 0 radical (unpaired) electrons. The Bertz CT molecular complexity index is 1580. The number of hydrogen-bond donors (Lipinski definition) is 2. The van der Waals surface area contributed by atoms with Crippen molar-refractivity contribution in [3.05, 3.63) is 78.4 Å². The zero-order valence-electron chi connectivity index (χ0n) is 23.0. The maximum Gasteiger partial charge on any atom is 0.411 e. The van der Waals surface area contributed by atoms with Crippen molar-refractivity contribution >= 4 is 39.7 Å². The van der Waals surface area contributed by atoms with E-state index in [-0.39, 0.29) is 6.61 Å². The van der Waals surface area contributed by atoms with Gasteiger partial charge in [-0.2, -0.15) is 10.2 Å². The third kappa shape index (κ3) is 6.22. The van der Waals surface area contributed by atoms with E-state index in [9.17, 15) is 4.79 Å². The number of carbonyl (C=O) groups excluding carboxylic acids is 1. The van der Waals surface area contributed by atoms with Gasteiger partial charge in [0.15, 0.2) is 5.82 Å². The minimum Gasteiger partial charge on any atom is -0.448 e. The van der Waals surface area contributed by atoms with E-state index in [1.807, 2.05) is 54.0 Å². The first kappa shape index (κ1) is 27.1. The molecule has 0 saturated carbocycles. The van der Waals surface area contributed by atoms with Gasteiger partial charge in [-0.15, -0.1) is 0 Å². The lowest BCUT2D eigenvalue weighted by molar-refractivity contribution is 0.127. The smallest absolute Gasteiger partial charge is 0.411 e. The van der Waals surface area contributed by atoms with Crippen molar-refractivity contribution < 1.29 is 14.3 Å². The molecule has 40 heavy (non-hydrogen) atoms. The molecular weight excluding hydrogens is 508 g/mol. The summed E-state index contributed by atoms with van der Waals surface area (Å²) in [5.41, 5.74) is 5.47. The van der Waals surface area contributed by atoms with Gasteiger partial charge in [0.1, 0.15) is 18.5 Å². The second-order valence-electron chi connectivity index (χ2n) is 9.52. The summed E-state index contributed by atoms with van der Waals surface area (Å²) < 4.78 is 14.2. The van der Waals surface area contributed by atoms with Crippen LogP contribution < -0.4 is 10.6 Å². The Labute approximate surface area is 232 Å². The lowest BCUT2D eigenvalue weighted by Crippen LogP contribution is -2.28. The number of fused-ring (bicyclic) bond motifs is 2. The van der Waals surface area contributed by atoms with Crippen LogP contribution in [0.25, 0.3) is 16.4 Å². The number of methoxy groups -OCH3 is 1. The molecule has 0 unspecified atom stereocenters. The predicted octanol–water partition coefficient (Wildman–Crippen LogP) is 4.56. The number of aromatic nitrogens is 5. The third-order valence-electron chi connectivity index (χ3n) is 6.73. The molecule has 0 saturated heterocycles. The summed E-state index contributed by atoms with van der Waals surface area (Å²) in [5.74, 6) is 0.643. The van der Waals surface area contributed by atoms with Gasteiger partial charge in [-0.05, 0) is 37.2 Å². The normalized spacial score (nSPS) is 11.4. The molecule has 1 amide bonds. The van der Waals surface area contributed by atoms with Crippen molar-refractivity contribution in [3.8, 4) is 0 Å². The number of amides is 1. The van der Waals surface area contributed by atoms with Gasteiger partial charge in [-0.1, -0.05) is 37.3 Å². The summed E-state index contributed by atoms with van der Waals surface area (Å²) in [7, 11) is 3.62. The van der Waals surface area contributed by atoms with Crippen LogP contribution in [0.4, 0.5) is 22.0 Å². The number of aryl methyl sites for hydroxylation is 1. The van der Waals surface area contributed by atoms with E-state index in [1.165, 1.54) is 11.9 Å². The van der Waals surface area contributed by atoms with Crippen molar-refractivity contribution in [1.29, 1.82) is 0 Å². The molecule has 2 N–H and O–H groups in total. The van der Waals surface area contributed by atoms with E-state index in [4.69, 9.17) is 9.47 Å². The molecule has 11 nitrogen and oxygen atoms in total. The second-order valence-corrected chi connectivity index (χ2v) is 9.52. The number of benzene rings is 2. The Morgan fingerprint density at radius 2 is 1.90 bits per heavy atom. The van der Waals surface area contributed by atoms with Gasteiger partial charge < -0.3 is 19.7 Å². The van der Waals surface area contributed by atoms with Crippen LogP contribution in [0.15, 0.2) is 67.3 Å². The van der Waals surface area contributed by atoms with Crippen LogP contribution in [-0.2, 0) is 22.4 Å². The van der Waals surface area contributed by atoms with Crippen LogP contribution >= 0.6 is 0 Å². The molecular formula is C29H34N8O3. The first-order valence-corrected chi connectivity index (χ1v) is 13.3. The van der Waals surface area contributed by atoms with Crippen molar-refractivity contribution in [2.75, 3.05) is 51.1 Å². The molecule has 208 valence electrons. The molecule has 0 aliphatic rings. The highest BCUT2D eigenvalue weighted by Gasteiger charge is 2.18. The second kappa shape index (κ2) is 12.6. The zero-order valence-corrected chi connectivity index (χ0v) is 23.0. The van der Waals surface area contributed by atoms with Crippen molar-refractivity contribution in [2.24, 2.45) is 0 Å². The first-order chi connectivity index (χ1) is 19.6. The van der Waals surface area contributed by atoms with Gasteiger partial charge in [-0.3, -0.25) is 10.00 Å². The summed E-state index contributed by atoms with van der Waals surface area (Å²) in [6.45, 7) is 5.02. The molecule has 0 aliphatic carbocycles. The van der Waals surface area contributed by atoms with Gasteiger partial charge in [0.25, 0.3) is 0 Å². The summed E-state index contributed by atoms with van der Waals surface area (Å²) in [4.78, 5) is 19.1. The third-order valence-corrected chi connectivity index (χ3v) is 6.73. The SMILES string of the molecule is CCc1c(NC(=O)OCCN(C)CCOC)cn2ncnc(Nc3ccc4c(cnn4Cc4ccccc4)c3)c12. The highest BCUT2D eigenvalue weighted by molar-refractivity contribution is 5.91. The highest BCUT2D eigenvalue weighted by Crippen LogP contribution is 2.30. The van der Waals surface area contributed by atoms with Crippen LogP contribution in [0.5, 0.6) is 0 Å². The van der Waals surface area contributed by atoms with Crippen LogP contribution in [0.1, 0.15) is 18.1 Å². The fourth-order valence-corrected chi connectivity index (χ4v) is 4.61. The van der Waals surface area contributed by atoms with Crippen LogP contribution in [0, 0.1) is 0 Å². The van der Waals surface area contributed by atoms with Crippen molar-refractivity contribution in [1.82, 2.24) is 29.3 Å². The molecule has 2 aromatic carbocycles. The largest absolute Gasteiger partial charge is 0.448 e. The van der Waals surface area contributed by atoms with Gasteiger partial charge in [0.2, 0.25) is 0 Å². The van der Waals surface area contributed by atoms with Gasteiger partial charge >= 0.3 is 6.09 Å². The average Bonchev–Trinajstić information content (AvgIpc) is 3.53. The molecule has 0 spiro atoms. The Morgan fingerprint density at radius 1 is 1.07 bits per heavy atom. The van der Waals surface area contributed by atoms with Gasteiger partial charge in [-0.25, -0.2) is 14.3 Å². The minimum atomic E-state index is -0.508. The van der Waals surface area contributed by atoms with Crippen LogP contribution in [0.3, 0.4) is 0 Å². The number of anilines is 3. The molecule has 11 heteroatoms. The molecule has 0 aliphatic heterocycles. The molecule has 5 aromatic rings. The molecule has 5 rings (SSSR count). The van der Waals surface area contributed by atoms with Crippen molar-refractivity contribution in [3.63, 3.8) is 0 Å². The summed E-state index contributed by atoms with van der Waals surface area (Å²) in [5, 5.41) is 16.3. The lowest BCUT2D eigenvalue weighted by atomic mass is 10.2.